The molecule has 7 heteroatoms. The van der Waals surface area contributed by atoms with Crippen LogP contribution < -0.4 is 5.32 Å². The largest absolute Gasteiger partial charge is 0.408 e. The van der Waals surface area contributed by atoms with Gasteiger partial charge in [-0.05, 0) is 42.5 Å². The molecule has 1 heterocycles. The number of halogens is 4. The van der Waals surface area contributed by atoms with Crippen LogP contribution in [0.15, 0.2) is 30.5 Å². The van der Waals surface area contributed by atoms with Crippen LogP contribution in [0, 0.1) is 5.82 Å². The maximum absolute atomic E-state index is 12.9. The summed E-state index contributed by atoms with van der Waals surface area (Å²) in [5.41, 5.74) is 2.49. The Bertz CT molecular complexity index is 661. The number of nitrogens with zero attached hydrogens (tertiary/aromatic N) is 2. The van der Waals surface area contributed by atoms with Crippen molar-refractivity contribution in [1.29, 1.82) is 0 Å². The number of benzene rings is 1. The van der Waals surface area contributed by atoms with E-state index >= 15 is 0 Å². The van der Waals surface area contributed by atoms with Gasteiger partial charge >= 0.3 is 6.18 Å². The summed E-state index contributed by atoms with van der Waals surface area (Å²) in [6, 6.07) is 6.09. The van der Waals surface area contributed by atoms with Crippen molar-refractivity contribution in [1.82, 2.24) is 15.1 Å². The number of hydrogen-bond acceptors (Lipinski definition) is 2. The summed E-state index contributed by atoms with van der Waals surface area (Å²) < 4.78 is 51.4. The van der Waals surface area contributed by atoms with Gasteiger partial charge in [-0.25, -0.2) is 4.39 Å². The topological polar surface area (TPSA) is 29.9 Å². The molecule has 0 aliphatic heterocycles. The van der Waals surface area contributed by atoms with E-state index in [-0.39, 0.29) is 11.9 Å². The number of fused-ring (bicyclic) bond motifs is 1. The highest BCUT2D eigenvalue weighted by Crippen LogP contribution is 2.29. The number of aryl methyl sites for hydroxylation is 1. The summed E-state index contributed by atoms with van der Waals surface area (Å²) in [6.45, 7) is -0.540. The molecule has 1 N–H and O–H groups in total. The van der Waals surface area contributed by atoms with Crippen LogP contribution in [0.5, 0.6) is 0 Å². The molecule has 0 saturated heterocycles. The summed E-state index contributed by atoms with van der Waals surface area (Å²) in [5.74, 6) is -0.292. The summed E-state index contributed by atoms with van der Waals surface area (Å²) in [4.78, 5) is 0. The van der Waals surface area contributed by atoms with Gasteiger partial charge in [0.05, 0.1) is 11.7 Å². The molecule has 1 atom stereocenters. The standard InChI is InChI=1S/C16H17F4N3/c17-13-6-4-11(5-7-13)8-21-14-3-1-2-12-9-23(22-15(12)14)10-16(18,19)20/h4-7,9,14,21H,1-3,8,10H2/t14-/m1/s1. The first-order valence-corrected chi connectivity index (χ1v) is 7.51. The summed E-state index contributed by atoms with van der Waals surface area (Å²) in [6.07, 6.45) is -0.287. The summed E-state index contributed by atoms with van der Waals surface area (Å²) in [7, 11) is 0. The van der Waals surface area contributed by atoms with E-state index in [0.29, 0.717) is 12.2 Å². The lowest BCUT2D eigenvalue weighted by Crippen LogP contribution is -2.25. The molecule has 3 rings (SSSR count). The van der Waals surface area contributed by atoms with E-state index in [1.54, 1.807) is 12.1 Å². The normalized spacial score (nSPS) is 18.0. The van der Waals surface area contributed by atoms with Crippen LogP contribution in [-0.2, 0) is 19.5 Å². The lowest BCUT2D eigenvalue weighted by molar-refractivity contribution is -0.142. The monoisotopic (exact) mass is 327 g/mol. The maximum atomic E-state index is 12.9. The van der Waals surface area contributed by atoms with Crippen molar-refractivity contribution in [2.24, 2.45) is 0 Å². The van der Waals surface area contributed by atoms with E-state index < -0.39 is 12.7 Å². The SMILES string of the molecule is Fc1ccc(CN[C@@H]2CCCc3cn(CC(F)(F)F)nc32)cc1. The average Bonchev–Trinajstić information content (AvgIpc) is 2.87. The molecular weight excluding hydrogens is 310 g/mol. The van der Waals surface area contributed by atoms with E-state index in [1.807, 2.05) is 0 Å². The highest BCUT2D eigenvalue weighted by molar-refractivity contribution is 5.24. The van der Waals surface area contributed by atoms with Crippen molar-refractivity contribution in [3.8, 4) is 0 Å². The van der Waals surface area contributed by atoms with Crippen LogP contribution in [0.3, 0.4) is 0 Å². The Balaban J connectivity index is 1.69. The van der Waals surface area contributed by atoms with Crippen molar-refractivity contribution in [3.63, 3.8) is 0 Å². The molecule has 3 nitrogen and oxygen atoms in total. The van der Waals surface area contributed by atoms with Crippen LogP contribution in [0.4, 0.5) is 17.6 Å². The van der Waals surface area contributed by atoms with Gasteiger partial charge in [0.2, 0.25) is 0 Å². The summed E-state index contributed by atoms with van der Waals surface area (Å²) >= 11 is 0. The minimum absolute atomic E-state index is 0.0710. The minimum Gasteiger partial charge on any atom is -0.304 e. The fourth-order valence-corrected chi connectivity index (χ4v) is 2.90. The Morgan fingerprint density at radius 1 is 1.22 bits per heavy atom. The van der Waals surface area contributed by atoms with E-state index in [9.17, 15) is 17.6 Å². The van der Waals surface area contributed by atoms with Crippen LogP contribution in [0.25, 0.3) is 0 Å². The van der Waals surface area contributed by atoms with Crippen LogP contribution in [-0.4, -0.2) is 16.0 Å². The molecule has 1 aliphatic rings. The maximum Gasteiger partial charge on any atom is 0.408 e. The fraction of sp³-hybridized carbons (Fsp3) is 0.438. The van der Waals surface area contributed by atoms with Crippen molar-refractivity contribution >= 4 is 0 Å². The Morgan fingerprint density at radius 2 is 1.96 bits per heavy atom. The molecule has 0 unspecified atom stereocenters. The molecule has 1 aromatic heterocycles. The van der Waals surface area contributed by atoms with Crippen molar-refractivity contribution in [2.75, 3.05) is 0 Å². The van der Waals surface area contributed by atoms with Crippen LogP contribution in [0.2, 0.25) is 0 Å². The molecule has 23 heavy (non-hydrogen) atoms. The number of rotatable bonds is 4. The van der Waals surface area contributed by atoms with Gasteiger partial charge in [0, 0.05) is 12.7 Å². The molecule has 1 aromatic carbocycles. The van der Waals surface area contributed by atoms with Gasteiger partial charge in [0.15, 0.2) is 0 Å². The van der Waals surface area contributed by atoms with Crippen LogP contribution >= 0.6 is 0 Å². The first-order valence-electron chi connectivity index (χ1n) is 7.51. The predicted molar refractivity (Wildman–Crippen MR) is 77.2 cm³/mol. The van der Waals surface area contributed by atoms with Gasteiger partial charge in [0.1, 0.15) is 12.4 Å². The molecule has 2 aromatic rings. The number of alkyl halides is 3. The number of nitrogens with one attached hydrogen (secondary N) is 1. The number of hydrogen-bond donors (Lipinski definition) is 1. The lowest BCUT2D eigenvalue weighted by Gasteiger charge is -2.22. The van der Waals surface area contributed by atoms with Gasteiger partial charge in [-0.3, -0.25) is 4.68 Å². The van der Waals surface area contributed by atoms with Gasteiger partial charge in [-0.15, -0.1) is 0 Å². The summed E-state index contributed by atoms with van der Waals surface area (Å²) in [5, 5.41) is 7.43. The van der Waals surface area contributed by atoms with Crippen molar-refractivity contribution in [3.05, 3.63) is 53.1 Å². The lowest BCUT2D eigenvalue weighted by atomic mass is 9.93. The first-order chi connectivity index (χ1) is 10.9. The Hall–Kier alpha value is -1.89. The number of aromatic nitrogens is 2. The van der Waals surface area contributed by atoms with E-state index in [2.05, 4.69) is 10.4 Å². The first kappa shape index (κ1) is 16.0. The third kappa shape index (κ3) is 4.10. The predicted octanol–water partition coefficient (Wildman–Crippen LogP) is 3.75. The quantitative estimate of drug-likeness (QED) is 0.867. The third-order valence-electron chi connectivity index (χ3n) is 3.95. The molecule has 0 spiro atoms. The van der Waals surface area contributed by atoms with E-state index in [4.69, 9.17) is 0 Å². The third-order valence-corrected chi connectivity index (χ3v) is 3.95. The average molecular weight is 327 g/mol. The van der Waals surface area contributed by atoms with E-state index in [0.717, 1.165) is 35.1 Å². The Morgan fingerprint density at radius 3 is 2.65 bits per heavy atom. The molecule has 1 aliphatic carbocycles. The molecule has 0 bridgehead atoms. The Labute approximate surface area is 131 Å². The van der Waals surface area contributed by atoms with Gasteiger partial charge in [-0.2, -0.15) is 18.3 Å². The Kier molecular flexibility index (Phi) is 4.39. The van der Waals surface area contributed by atoms with Crippen molar-refractivity contribution < 1.29 is 17.6 Å². The fourth-order valence-electron chi connectivity index (χ4n) is 2.90. The van der Waals surface area contributed by atoms with E-state index in [1.165, 1.54) is 18.3 Å². The second-order valence-electron chi connectivity index (χ2n) is 5.80. The molecule has 0 amide bonds. The van der Waals surface area contributed by atoms with Crippen LogP contribution in [0.1, 0.15) is 35.7 Å². The molecule has 0 saturated carbocycles. The van der Waals surface area contributed by atoms with Gasteiger partial charge in [-0.1, -0.05) is 12.1 Å². The zero-order valence-corrected chi connectivity index (χ0v) is 12.4. The zero-order valence-electron chi connectivity index (χ0n) is 12.4. The second-order valence-corrected chi connectivity index (χ2v) is 5.80. The van der Waals surface area contributed by atoms with Gasteiger partial charge < -0.3 is 5.32 Å². The van der Waals surface area contributed by atoms with Gasteiger partial charge in [0.25, 0.3) is 0 Å². The highest BCUT2D eigenvalue weighted by Gasteiger charge is 2.30. The molecule has 0 fully saturated rings. The second kappa shape index (κ2) is 6.31. The molecular formula is C16H17F4N3. The zero-order chi connectivity index (χ0) is 16.4. The molecule has 0 radical (unpaired) electrons. The minimum atomic E-state index is -4.27. The molecule has 124 valence electrons. The van der Waals surface area contributed by atoms with Crippen molar-refractivity contribution in [2.45, 2.75) is 44.6 Å². The highest BCUT2D eigenvalue weighted by atomic mass is 19.4. The smallest absolute Gasteiger partial charge is 0.304 e.